The van der Waals surface area contributed by atoms with E-state index in [-0.39, 0.29) is 6.54 Å². The maximum Gasteiger partial charge on any atom is 0.359 e. The molecule has 0 aliphatic rings. The number of carbonyl (C=O) groups is 2. The minimum Gasteiger partial charge on any atom is -0.477 e. The maximum absolute atomic E-state index is 10.4. The summed E-state index contributed by atoms with van der Waals surface area (Å²) < 4.78 is 0.434. The summed E-state index contributed by atoms with van der Waals surface area (Å²) in [6, 6.07) is 0. The normalized spacial score (nSPS) is 11.2. The first-order valence-electron chi connectivity index (χ1n) is 3.95. The van der Waals surface area contributed by atoms with E-state index >= 15 is 0 Å². The number of nitrogens with zero attached hydrogens (tertiary/aromatic N) is 1. The van der Waals surface area contributed by atoms with Crippen molar-refractivity contribution < 1.29 is 19.2 Å². The molecule has 0 amide bonds. The Morgan fingerprint density at radius 3 is 2.50 bits per heavy atom. The molecule has 0 heterocycles. The molecule has 0 aromatic carbocycles. The SMILES string of the molecule is C[N+](C)(CCCC=O)CC(=O)O. The Bertz CT molecular complexity index is 166. The van der Waals surface area contributed by atoms with E-state index in [4.69, 9.17) is 5.11 Å². The largest absolute Gasteiger partial charge is 0.477 e. The molecule has 0 atom stereocenters. The van der Waals surface area contributed by atoms with Gasteiger partial charge in [-0.2, -0.15) is 0 Å². The average Bonchev–Trinajstić information content (AvgIpc) is 1.84. The molecule has 70 valence electrons. The van der Waals surface area contributed by atoms with Gasteiger partial charge in [-0.3, -0.25) is 0 Å². The van der Waals surface area contributed by atoms with Gasteiger partial charge in [-0.05, 0) is 0 Å². The van der Waals surface area contributed by atoms with E-state index < -0.39 is 5.97 Å². The standard InChI is InChI=1S/C8H15NO3/c1-9(2,7-8(11)12)5-3-4-6-10/h6H,3-5,7H2,1-2H3/p+1. The first-order chi connectivity index (χ1) is 5.48. The Morgan fingerprint density at radius 1 is 1.50 bits per heavy atom. The summed E-state index contributed by atoms with van der Waals surface area (Å²) in [6.45, 7) is 0.837. The number of hydrogen-bond acceptors (Lipinski definition) is 2. The molecule has 0 saturated carbocycles. The third kappa shape index (κ3) is 5.85. The molecule has 0 spiro atoms. The summed E-state index contributed by atoms with van der Waals surface area (Å²) in [7, 11) is 3.69. The van der Waals surface area contributed by atoms with Crippen molar-refractivity contribution in [2.75, 3.05) is 27.2 Å². The molecule has 1 N–H and O–H groups in total. The van der Waals surface area contributed by atoms with Crippen LogP contribution in [0.15, 0.2) is 0 Å². The van der Waals surface area contributed by atoms with E-state index in [1.807, 2.05) is 14.1 Å². The highest BCUT2D eigenvalue weighted by Crippen LogP contribution is 1.99. The molecule has 0 aromatic rings. The Morgan fingerprint density at radius 2 is 2.08 bits per heavy atom. The fourth-order valence-corrected chi connectivity index (χ4v) is 1.05. The molecular formula is C8H16NO3+. The van der Waals surface area contributed by atoms with Gasteiger partial charge in [0.05, 0.1) is 20.6 Å². The van der Waals surface area contributed by atoms with E-state index in [1.54, 1.807) is 0 Å². The summed E-state index contributed by atoms with van der Waals surface area (Å²) in [5.74, 6) is -0.800. The van der Waals surface area contributed by atoms with Crippen molar-refractivity contribution in [1.29, 1.82) is 0 Å². The zero-order valence-corrected chi connectivity index (χ0v) is 7.62. The number of likely N-dealkylation sites (N-methyl/N-ethyl adjacent to an activating group) is 1. The van der Waals surface area contributed by atoms with Crippen molar-refractivity contribution >= 4 is 12.3 Å². The minimum absolute atomic E-state index is 0.110. The predicted molar refractivity (Wildman–Crippen MR) is 44.8 cm³/mol. The third-order valence-electron chi connectivity index (χ3n) is 1.65. The fourth-order valence-electron chi connectivity index (χ4n) is 1.05. The van der Waals surface area contributed by atoms with E-state index in [0.717, 1.165) is 19.3 Å². The van der Waals surface area contributed by atoms with Crippen LogP contribution in [0, 0.1) is 0 Å². The molecule has 0 radical (unpaired) electrons. The minimum atomic E-state index is -0.800. The first kappa shape index (κ1) is 11.1. The molecule has 0 aromatic heterocycles. The van der Waals surface area contributed by atoms with Crippen LogP contribution in [0.1, 0.15) is 12.8 Å². The van der Waals surface area contributed by atoms with Crippen LogP contribution in [0.3, 0.4) is 0 Å². The maximum atomic E-state index is 10.4. The van der Waals surface area contributed by atoms with Gasteiger partial charge in [0.2, 0.25) is 0 Å². The van der Waals surface area contributed by atoms with Crippen LogP contribution in [0.5, 0.6) is 0 Å². The quantitative estimate of drug-likeness (QED) is 0.353. The average molecular weight is 174 g/mol. The van der Waals surface area contributed by atoms with Crippen molar-refractivity contribution in [1.82, 2.24) is 0 Å². The van der Waals surface area contributed by atoms with Crippen LogP contribution in [0.2, 0.25) is 0 Å². The summed E-state index contributed by atoms with van der Waals surface area (Å²) >= 11 is 0. The number of carbonyl (C=O) groups excluding carboxylic acids is 1. The van der Waals surface area contributed by atoms with Gasteiger partial charge in [-0.25, -0.2) is 4.79 Å². The van der Waals surface area contributed by atoms with Crippen LogP contribution in [0.25, 0.3) is 0 Å². The lowest BCUT2D eigenvalue weighted by atomic mass is 10.3. The predicted octanol–water partition coefficient (Wildman–Crippen LogP) is 0.126. The lowest BCUT2D eigenvalue weighted by Gasteiger charge is -2.27. The molecule has 4 nitrogen and oxygen atoms in total. The molecule has 0 saturated heterocycles. The van der Waals surface area contributed by atoms with Gasteiger partial charge < -0.3 is 14.4 Å². The number of unbranched alkanes of at least 4 members (excludes halogenated alkanes) is 1. The molecule has 0 bridgehead atoms. The highest BCUT2D eigenvalue weighted by molar-refractivity contribution is 5.67. The second-order valence-corrected chi connectivity index (χ2v) is 3.52. The van der Waals surface area contributed by atoms with Crippen molar-refractivity contribution in [3.05, 3.63) is 0 Å². The summed E-state index contributed by atoms with van der Waals surface area (Å²) in [5.41, 5.74) is 0. The van der Waals surface area contributed by atoms with Crippen LogP contribution in [-0.4, -0.2) is 49.0 Å². The smallest absolute Gasteiger partial charge is 0.359 e. The van der Waals surface area contributed by atoms with Crippen LogP contribution < -0.4 is 0 Å². The molecule has 0 unspecified atom stereocenters. The van der Waals surface area contributed by atoms with Crippen LogP contribution in [0.4, 0.5) is 0 Å². The molecular weight excluding hydrogens is 158 g/mol. The monoisotopic (exact) mass is 174 g/mol. The second-order valence-electron chi connectivity index (χ2n) is 3.52. The summed E-state index contributed by atoms with van der Waals surface area (Å²) in [5, 5.41) is 8.52. The lowest BCUT2D eigenvalue weighted by Crippen LogP contribution is -2.44. The van der Waals surface area contributed by atoms with Crippen molar-refractivity contribution in [3.8, 4) is 0 Å². The molecule has 12 heavy (non-hydrogen) atoms. The summed E-state index contributed by atoms with van der Waals surface area (Å²) in [4.78, 5) is 20.4. The van der Waals surface area contributed by atoms with Crippen LogP contribution >= 0.6 is 0 Å². The van der Waals surface area contributed by atoms with Gasteiger partial charge in [-0.1, -0.05) is 0 Å². The molecule has 0 aliphatic carbocycles. The zero-order valence-electron chi connectivity index (χ0n) is 7.62. The first-order valence-corrected chi connectivity index (χ1v) is 3.95. The zero-order chi connectivity index (χ0) is 9.61. The number of hydrogen-bond donors (Lipinski definition) is 1. The topological polar surface area (TPSA) is 54.4 Å². The fraction of sp³-hybridized carbons (Fsp3) is 0.750. The van der Waals surface area contributed by atoms with Gasteiger partial charge >= 0.3 is 5.97 Å². The van der Waals surface area contributed by atoms with E-state index in [9.17, 15) is 9.59 Å². The number of carboxylic acid groups (broad SMARTS) is 1. The summed E-state index contributed by atoms with van der Waals surface area (Å²) in [6.07, 6.45) is 2.13. The van der Waals surface area contributed by atoms with Crippen LogP contribution in [-0.2, 0) is 9.59 Å². The van der Waals surface area contributed by atoms with E-state index in [0.29, 0.717) is 10.9 Å². The van der Waals surface area contributed by atoms with Gasteiger partial charge in [-0.15, -0.1) is 0 Å². The Labute approximate surface area is 72.4 Å². The van der Waals surface area contributed by atoms with Crippen molar-refractivity contribution in [2.45, 2.75) is 12.8 Å². The Hall–Kier alpha value is -0.900. The van der Waals surface area contributed by atoms with Gasteiger partial charge in [0.25, 0.3) is 0 Å². The molecule has 0 aliphatic heterocycles. The number of aldehydes is 1. The number of quaternary nitrogens is 1. The van der Waals surface area contributed by atoms with Gasteiger partial charge in [0, 0.05) is 12.8 Å². The number of rotatable bonds is 6. The van der Waals surface area contributed by atoms with Gasteiger partial charge in [0.15, 0.2) is 6.54 Å². The second kappa shape index (κ2) is 4.87. The molecule has 0 rings (SSSR count). The Balaban J connectivity index is 3.70. The Kier molecular flexibility index (Phi) is 4.51. The third-order valence-corrected chi connectivity index (χ3v) is 1.65. The van der Waals surface area contributed by atoms with E-state index in [1.165, 1.54) is 0 Å². The highest BCUT2D eigenvalue weighted by Gasteiger charge is 2.18. The number of carboxylic acids is 1. The van der Waals surface area contributed by atoms with Crippen molar-refractivity contribution in [3.63, 3.8) is 0 Å². The van der Waals surface area contributed by atoms with E-state index in [2.05, 4.69) is 0 Å². The van der Waals surface area contributed by atoms with Crippen molar-refractivity contribution in [2.24, 2.45) is 0 Å². The molecule has 4 heteroatoms. The molecule has 0 fully saturated rings. The van der Waals surface area contributed by atoms with Gasteiger partial charge in [0.1, 0.15) is 6.29 Å². The highest BCUT2D eigenvalue weighted by atomic mass is 16.4. The lowest BCUT2D eigenvalue weighted by molar-refractivity contribution is -0.883. The number of aliphatic carboxylic acids is 1.